The molecule has 0 saturated heterocycles. The fourth-order valence-corrected chi connectivity index (χ4v) is 3.63. The number of carbonyl (C=O) groups excluding carboxylic acids is 4. The molecule has 0 bridgehead atoms. The summed E-state index contributed by atoms with van der Waals surface area (Å²) in [6.07, 6.45) is 5.86. The number of nitrogens with one attached hydrogen (secondary N) is 1. The molecule has 0 spiro atoms. The lowest BCUT2D eigenvalue weighted by Crippen LogP contribution is -2.41. The summed E-state index contributed by atoms with van der Waals surface area (Å²) in [5.74, 6) is -0.647. The predicted molar refractivity (Wildman–Crippen MR) is 150 cm³/mol. The molecule has 10 heteroatoms. The van der Waals surface area contributed by atoms with Gasteiger partial charge in [0.05, 0.1) is 13.7 Å². The second-order valence-electron chi connectivity index (χ2n) is 10.0. The van der Waals surface area contributed by atoms with Crippen molar-refractivity contribution in [2.75, 3.05) is 26.9 Å². The van der Waals surface area contributed by atoms with Gasteiger partial charge in [-0.25, -0.2) is 4.79 Å². The molecule has 0 aliphatic carbocycles. The summed E-state index contributed by atoms with van der Waals surface area (Å²) in [4.78, 5) is 48.9. The molecule has 0 aromatic heterocycles. The lowest BCUT2D eigenvalue weighted by Gasteiger charge is -2.18. The first-order valence-electron chi connectivity index (χ1n) is 14.3. The van der Waals surface area contributed by atoms with Gasteiger partial charge in [-0.15, -0.1) is 0 Å². The molecule has 0 radical (unpaired) electrons. The Morgan fingerprint density at radius 3 is 2.00 bits per heavy atom. The van der Waals surface area contributed by atoms with E-state index in [4.69, 9.17) is 23.7 Å². The summed E-state index contributed by atoms with van der Waals surface area (Å²) >= 11 is 0. The van der Waals surface area contributed by atoms with Crippen LogP contribution in [0.3, 0.4) is 0 Å². The maximum absolute atomic E-state index is 12.5. The van der Waals surface area contributed by atoms with Crippen molar-refractivity contribution in [1.82, 2.24) is 5.32 Å². The zero-order valence-electron chi connectivity index (χ0n) is 24.8. The molecule has 0 unspecified atom stereocenters. The molecular weight excluding hydrogens is 518 g/mol. The van der Waals surface area contributed by atoms with Crippen LogP contribution >= 0.6 is 0 Å². The van der Waals surface area contributed by atoms with Crippen LogP contribution in [0.2, 0.25) is 0 Å². The Hall–Kier alpha value is -3.14. The SMILES string of the molecule is CCCCCC(=O)Oc1ccc(C[C@H](NCCOC(=O)OCCC(C)C)C(=O)OC)cc1OC(=O)CCCCC. The molecule has 40 heavy (non-hydrogen) atoms. The van der Waals surface area contributed by atoms with Gasteiger partial charge in [0.2, 0.25) is 0 Å². The molecule has 0 fully saturated rings. The van der Waals surface area contributed by atoms with Gasteiger partial charge in [-0.3, -0.25) is 14.4 Å². The van der Waals surface area contributed by atoms with E-state index in [0.29, 0.717) is 24.3 Å². The highest BCUT2D eigenvalue weighted by atomic mass is 16.7. The molecule has 10 nitrogen and oxygen atoms in total. The summed E-state index contributed by atoms with van der Waals surface area (Å²) in [6.45, 7) is 8.62. The van der Waals surface area contributed by atoms with Gasteiger partial charge in [-0.05, 0) is 49.3 Å². The number of methoxy groups -OCH3 is 1. The van der Waals surface area contributed by atoms with Crippen molar-refractivity contribution in [3.8, 4) is 11.5 Å². The van der Waals surface area contributed by atoms with Crippen LogP contribution in [0.5, 0.6) is 11.5 Å². The van der Waals surface area contributed by atoms with E-state index in [-0.39, 0.29) is 50.5 Å². The lowest BCUT2D eigenvalue weighted by molar-refractivity contribution is -0.143. The molecule has 1 aromatic rings. The number of hydrogen-bond acceptors (Lipinski definition) is 10. The third kappa shape index (κ3) is 15.5. The fourth-order valence-electron chi connectivity index (χ4n) is 3.63. The molecule has 1 N–H and O–H groups in total. The number of benzene rings is 1. The second kappa shape index (κ2) is 20.7. The monoisotopic (exact) mass is 565 g/mol. The van der Waals surface area contributed by atoms with Crippen LogP contribution in [-0.4, -0.2) is 57.0 Å². The summed E-state index contributed by atoms with van der Waals surface area (Å²) in [6, 6.07) is 4.09. The van der Waals surface area contributed by atoms with Crippen LogP contribution in [0.1, 0.15) is 91.0 Å². The van der Waals surface area contributed by atoms with E-state index >= 15 is 0 Å². The average Bonchev–Trinajstić information content (AvgIpc) is 2.91. The normalized spacial score (nSPS) is 11.6. The zero-order valence-corrected chi connectivity index (χ0v) is 24.8. The minimum Gasteiger partial charge on any atom is -0.468 e. The van der Waals surface area contributed by atoms with E-state index in [1.54, 1.807) is 18.2 Å². The highest BCUT2D eigenvalue weighted by Crippen LogP contribution is 2.30. The van der Waals surface area contributed by atoms with Crippen LogP contribution in [0.4, 0.5) is 4.79 Å². The summed E-state index contributed by atoms with van der Waals surface area (Å²) in [7, 11) is 1.28. The van der Waals surface area contributed by atoms with Crippen LogP contribution in [0, 0.1) is 5.92 Å². The lowest BCUT2D eigenvalue weighted by atomic mass is 10.0. The minimum atomic E-state index is -0.763. The van der Waals surface area contributed by atoms with Crippen LogP contribution < -0.4 is 14.8 Å². The first kappa shape index (κ1) is 34.9. The highest BCUT2D eigenvalue weighted by Gasteiger charge is 2.22. The number of esters is 3. The van der Waals surface area contributed by atoms with Crippen LogP contribution in [0.15, 0.2) is 18.2 Å². The standard InChI is InChI=1S/C30H47NO9/c1-6-8-10-12-27(32)39-25-15-14-23(21-26(25)40-28(33)13-11-9-7-2)20-24(29(34)36-5)31-17-19-38-30(35)37-18-16-22(3)4/h14-15,21-22,24,31H,6-13,16-20H2,1-5H3/t24-/m0/s1. The molecule has 0 heterocycles. The molecule has 1 aromatic carbocycles. The topological polar surface area (TPSA) is 126 Å². The molecular formula is C30H47NO9. The van der Waals surface area contributed by atoms with Gasteiger partial charge in [-0.2, -0.15) is 0 Å². The van der Waals surface area contributed by atoms with Crippen molar-refractivity contribution >= 4 is 24.1 Å². The smallest absolute Gasteiger partial charge is 0.468 e. The van der Waals surface area contributed by atoms with E-state index in [2.05, 4.69) is 5.32 Å². The summed E-state index contributed by atoms with van der Waals surface area (Å²) < 4.78 is 26.1. The molecule has 226 valence electrons. The maximum atomic E-state index is 12.5. The first-order valence-corrected chi connectivity index (χ1v) is 14.3. The van der Waals surface area contributed by atoms with E-state index < -0.39 is 30.1 Å². The average molecular weight is 566 g/mol. The van der Waals surface area contributed by atoms with Crippen LogP contribution in [0.25, 0.3) is 0 Å². The molecule has 1 rings (SSSR count). The van der Waals surface area contributed by atoms with Crippen molar-refractivity contribution in [2.45, 2.75) is 97.9 Å². The Bertz CT molecular complexity index is 916. The third-order valence-corrected chi connectivity index (χ3v) is 5.98. The van der Waals surface area contributed by atoms with Gasteiger partial charge in [0.15, 0.2) is 11.5 Å². The summed E-state index contributed by atoms with van der Waals surface area (Å²) in [5.41, 5.74) is 0.652. The third-order valence-electron chi connectivity index (χ3n) is 5.98. The summed E-state index contributed by atoms with van der Waals surface area (Å²) in [5, 5.41) is 3.02. The molecule has 0 aliphatic rings. The second-order valence-corrected chi connectivity index (χ2v) is 10.0. The van der Waals surface area contributed by atoms with Crippen molar-refractivity contribution in [3.05, 3.63) is 23.8 Å². The van der Waals surface area contributed by atoms with Crippen molar-refractivity contribution in [3.63, 3.8) is 0 Å². The van der Waals surface area contributed by atoms with Crippen molar-refractivity contribution in [1.29, 1.82) is 0 Å². The Labute approximate surface area is 238 Å². The van der Waals surface area contributed by atoms with Gasteiger partial charge >= 0.3 is 24.1 Å². The van der Waals surface area contributed by atoms with Gasteiger partial charge < -0.3 is 29.0 Å². The van der Waals surface area contributed by atoms with Gasteiger partial charge in [0.1, 0.15) is 12.6 Å². The predicted octanol–water partition coefficient (Wildman–Crippen LogP) is 5.53. The molecule has 0 amide bonds. The quantitative estimate of drug-likeness (QED) is 0.122. The van der Waals surface area contributed by atoms with E-state index in [1.165, 1.54) is 7.11 Å². The van der Waals surface area contributed by atoms with Gasteiger partial charge in [0, 0.05) is 19.4 Å². The Balaban J connectivity index is 2.87. The number of carbonyl (C=O) groups is 4. The number of unbranched alkanes of at least 4 members (excludes halogenated alkanes) is 4. The van der Waals surface area contributed by atoms with Crippen molar-refractivity contribution < 1.29 is 42.9 Å². The Morgan fingerprint density at radius 1 is 0.825 bits per heavy atom. The molecule has 1 atom stereocenters. The fraction of sp³-hybridized carbons (Fsp3) is 0.667. The number of hydrogen-bond donors (Lipinski definition) is 1. The molecule has 0 saturated carbocycles. The van der Waals surface area contributed by atoms with Crippen LogP contribution in [-0.2, 0) is 35.0 Å². The number of ether oxygens (including phenoxy) is 5. The van der Waals surface area contributed by atoms with E-state index in [9.17, 15) is 19.2 Å². The van der Waals surface area contributed by atoms with E-state index in [0.717, 1.165) is 32.1 Å². The van der Waals surface area contributed by atoms with Gasteiger partial charge in [-0.1, -0.05) is 59.4 Å². The highest BCUT2D eigenvalue weighted by molar-refractivity contribution is 5.77. The van der Waals surface area contributed by atoms with E-state index in [1.807, 2.05) is 27.7 Å². The first-order chi connectivity index (χ1) is 19.2. The zero-order chi connectivity index (χ0) is 29.8. The maximum Gasteiger partial charge on any atom is 0.508 e. The Morgan fingerprint density at radius 2 is 1.43 bits per heavy atom. The largest absolute Gasteiger partial charge is 0.508 e. The van der Waals surface area contributed by atoms with Gasteiger partial charge in [0.25, 0.3) is 0 Å². The Kier molecular flexibility index (Phi) is 18.1. The molecule has 0 aliphatic heterocycles. The minimum absolute atomic E-state index is 0.00154. The van der Waals surface area contributed by atoms with Crippen molar-refractivity contribution in [2.24, 2.45) is 5.92 Å². The number of rotatable bonds is 20.